The van der Waals surface area contributed by atoms with Gasteiger partial charge in [0.1, 0.15) is 0 Å². The normalized spacial score (nSPS) is 16.5. The molecule has 5 nitrogen and oxygen atoms in total. The summed E-state index contributed by atoms with van der Waals surface area (Å²) in [4.78, 5) is 28.2. The second-order valence-corrected chi connectivity index (χ2v) is 6.94. The molecule has 0 radical (unpaired) electrons. The molecule has 1 aromatic rings. The van der Waals surface area contributed by atoms with Crippen LogP contribution in [0.25, 0.3) is 0 Å². The number of aryl methyl sites for hydroxylation is 1. The van der Waals surface area contributed by atoms with Crippen LogP contribution >= 0.6 is 0 Å². The highest BCUT2D eigenvalue weighted by molar-refractivity contribution is 5.78. The Morgan fingerprint density at radius 2 is 1.80 bits per heavy atom. The predicted molar refractivity (Wildman–Crippen MR) is 100 cm³/mol. The fourth-order valence-electron chi connectivity index (χ4n) is 3.20. The third-order valence-corrected chi connectivity index (χ3v) is 4.76. The van der Waals surface area contributed by atoms with Gasteiger partial charge in [-0.3, -0.25) is 14.5 Å². The maximum Gasteiger partial charge on any atom is 0.234 e. The third-order valence-electron chi connectivity index (χ3n) is 4.76. The summed E-state index contributed by atoms with van der Waals surface area (Å²) in [6, 6.07) is 10.4. The molecular weight excluding hydrogens is 314 g/mol. The quantitative estimate of drug-likeness (QED) is 0.783. The topological polar surface area (TPSA) is 52.7 Å². The Morgan fingerprint density at radius 3 is 2.44 bits per heavy atom. The zero-order valence-corrected chi connectivity index (χ0v) is 15.5. The lowest BCUT2D eigenvalue weighted by atomic mass is 9.97. The number of benzene rings is 1. The lowest BCUT2D eigenvalue weighted by molar-refractivity contribution is -0.134. The average molecular weight is 345 g/mol. The molecule has 0 spiro atoms. The minimum absolute atomic E-state index is 0.0665. The molecule has 0 saturated carbocycles. The largest absolute Gasteiger partial charge is 0.355 e. The molecule has 0 aliphatic carbocycles. The molecule has 1 aromatic carbocycles. The first-order valence-electron chi connectivity index (χ1n) is 9.39. The van der Waals surface area contributed by atoms with Crippen molar-refractivity contribution < 1.29 is 9.59 Å². The van der Waals surface area contributed by atoms with Crippen molar-refractivity contribution in [3.8, 4) is 0 Å². The highest BCUT2D eigenvalue weighted by Gasteiger charge is 2.23. The molecule has 1 unspecified atom stereocenters. The van der Waals surface area contributed by atoms with Gasteiger partial charge in [-0.15, -0.1) is 0 Å². The zero-order chi connectivity index (χ0) is 18.1. The van der Waals surface area contributed by atoms with Gasteiger partial charge in [0, 0.05) is 39.1 Å². The number of nitrogens with zero attached hydrogens (tertiary/aromatic N) is 2. The van der Waals surface area contributed by atoms with Crippen molar-refractivity contribution >= 4 is 11.8 Å². The molecule has 25 heavy (non-hydrogen) atoms. The van der Waals surface area contributed by atoms with Crippen molar-refractivity contribution in [2.24, 2.45) is 5.92 Å². The Hall–Kier alpha value is -1.88. The van der Waals surface area contributed by atoms with Gasteiger partial charge in [-0.1, -0.05) is 37.3 Å². The van der Waals surface area contributed by atoms with E-state index in [1.807, 2.05) is 17.9 Å². The van der Waals surface area contributed by atoms with Gasteiger partial charge in [0.15, 0.2) is 0 Å². The fraction of sp³-hybridized carbons (Fsp3) is 0.600. The highest BCUT2D eigenvalue weighted by atomic mass is 16.2. The Bertz CT molecular complexity index is 539. The van der Waals surface area contributed by atoms with Gasteiger partial charge in [-0.25, -0.2) is 0 Å². The van der Waals surface area contributed by atoms with Gasteiger partial charge in [-0.05, 0) is 31.2 Å². The molecular formula is C20H31N3O2. The predicted octanol–water partition coefficient (Wildman–Crippen LogP) is 1.93. The molecule has 1 atom stereocenters. The Balaban J connectivity index is 1.67. The lowest BCUT2D eigenvalue weighted by Crippen LogP contribution is -2.51. The van der Waals surface area contributed by atoms with E-state index in [0.29, 0.717) is 25.4 Å². The third kappa shape index (κ3) is 6.86. The summed E-state index contributed by atoms with van der Waals surface area (Å²) in [6.07, 6.45) is 2.67. The van der Waals surface area contributed by atoms with E-state index in [1.54, 1.807) is 0 Å². The number of piperazine rings is 1. The standard InChI is InChI=1S/C20H31N3O2/c1-3-21-19(24)16-22-11-13-23(14-12-22)20(25)15-17(2)9-10-18-7-5-4-6-8-18/h4-8,17H,3,9-16H2,1-2H3,(H,21,24). The second-order valence-electron chi connectivity index (χ2n) is 6.94. The Kier molecular flexibility index (Phi) is 7.92. The van der Waals surface area contributed by atoms with Gasteiger partial charge in [0.05, 0.1) is 6.54 Å². The number of rotatable bonds is 8. The minimum Gasteiger partial charge on any atom is -0.355 e. The summed E-state index contributed by atoms with van der Waals surface area (Å²) >= 11 is 0. The molecule has 1 aliphatic rings. The van der Waals surface area contributed by atoms with E-state index >= 15 is 0 Å². The van der Waals surface area contributed by atoms with Crippen LogP contribution in [0.4, 0.5) is 0 Å². The first kappa shape index (κ1) is 19.4. The maximum absolute atomic E-state index is 12.5. The number of likely N-dealkylation sites (N-methyl/N-ethyl adjacent to an activating group) is 1. The summed E-state index contributed by atoms with van der Waals surface area (Å²) in [5, 5.41) is 2.82. The molecule has 138 valence electrons. The zero-order valence-electron chi connectivity index (χ0n) is 15.5. The van der Waals surface area contributed by atoms with Crippen LogP contribution in [-0.4, -0.2) is 60.9 Å². The van der Waals surface area contributed by atoms with Gasteiger partial charge < -0.3 is 10.2 Å². The van der Waals surface area contributed by atoms with Crippen molar-refractivity contribution in [3.05, 3.63) is 35.9 Å². The molecule has 1 saturated heterocycles. The number of nitrogens with one attached hydrogen (secondary N) is 1. The summed E-state index contributed by atoms with van der Waals surface area (Å²) in [5.41, 5.74) is 1.33. The molecule has 2 amide bonds. The van der Waals surface area contributed by atoms with E-state index in [1.165, 1.54) is 5.56 Å². The number of hydrogen-bond acceptors (Lipinski definition) is 3. The van der Waals surface area contributed by atoms with E-state index in [2.05, 4.69) is 41.4 Å². The Labute approximate surface area is 151 Å². The minimum atomic E-state index is 0.0665. The molecule has 2 rings (SSSR count). The molecule has 1 N–H and O–H groups in total. The van der Waals surface area contributed by atoms with Crippen LogP contribution < -0.4 is 5.32 Å². The van der Waals surface area contributed by atoms with E-state index in [-0.39, 0.29) is 11.8 Å². The first-order chi connectivity index (χ1) is 12.1. The highest BCUT2D eigenvalue weighted by Crippen LogP contribution is 2.15. The summed E-state index contributed by atoms with van der Waals surface area (Å²) < 4.78 is 0. The van der Waals surface area contributed by atoms with Crippen LogP contribution in [0.3, 0.4) is 0 Å². The van der Waals surface area contributed by atoms with Crippen LogP contribution in [-0.2, 0) is 16.0 Å². The van der Waals surface area contributed by atoms with Gasteiger partial charge in [0.25, 0.3) is 0 Å². The molecule has 1 fully saturated rings. The van der Waals surface area contributed by atoms with Crippen molar-refractivity contribution in [3.63, 3.8) is 0 Å². The van der Waals surface area contributed by atoms with Crippen molar-refractivity contribution in [2.45, 2.75) is 33.1 Å². The molecule has 0 bridgehead atoms. The molecule has 5 heteroatoms. The Morgan fingerprint density at radius 1 is 1.12 bits per heavy atom. The maximum atomic E-state index is 12.5. The smallest absolute Gasteiger partial charge is 0.234 e. The second kappa shape index (κ2) is 10.2. The number of amides is 2. The summed E-state index contributed by atoms with van der Waals surface area (Å²) in [7, 11) is 0. The van der Waals surface area contributed by atoms with Crippen molar-refractivity contribution in [1.29, 1.82) is 0 Å². The van der Waals surface area contributed by atoms with E-state index in [9.17, 15) is 9.59 Å². The lowest BCUT2D eigenvalue weighted by Gasteiger charge is -2.34. The van der Waals surface area contributed by atoms with Crippen LogP contribution in [0, 0.1) is 5.92 Å². The van der Waals surface area contributed by atoms with Gasteiger partial charge in [-0.2, -0.15) is 0 Å². The van der Waals surface area contributed by atoms with Crippen LogP contribution in [0.5, 0.6) is 0 Å². The number of carbonyl (C=O) groups excluding carboxylic acids is 2. The van der Waals surface area contributed by atoms with Crippen LogP contribution in [0.2, 0.25) is 0 Å². The van der Waals surface area contributed by atoms with Crippen molar-refractivity contribution in [1.82, 2.24) is 15.1 Å². The van der Waals surface area contributed by atoms with E-state index in [4.69, 9.17) is 0 Å². The van der Waals surface area contributed by atoms with Crippen LogP contribution in [0.15, 0.2) is 30.3 Å². The van der Waals surface area contributed by atoms with Crippen molar-refractivity contribution in [2.75, 3.05) is 39.3 Å². The monoisotopic (exact) mass is 345 g/mol. The van der Waals surface area contributed by atoms with E-state index in [0.717, 1.165) is 39.0 Å². The SMILES string of the molecule is CCNC(=O)CN1CCN(C(=O)CC(C)CCc2ccccc2)CC1. The van der Waals surface area contributed by atoms with Crippen LogP contribution in [0.1, 0.15) is 32.3 Å². The molecule has 0 aromatic heterocycles. The molecule has 1 heterocycles. The summed E-state index contributed by atoms with van der Waals surface area (Å²) in [6.45, 7) is 8.19. The average Bonchev–Trinajstić information content (AvgIpc) is 2.61. The fourth-order valence-corrected chi connectivity index (χ4v) is 3.20. The number of hydrogen-bond donors (Lipinski definition) is 1. The molecule has 1 aliphatic heterocycles. The van der Waals surface area contributed by atoms with E-state index < -0.39 is 0 Å². The number of carbonyl (C=O) groups is 2. The van der Waals surface area contributed by atoms with Gasteiger partial charge >= 0.3 is 0 Å². The first-order valence-corrected chi connectivity index (χ1v) is 9.39. The van der Waals surface area contributed by atoms with Gasteiger partial charge in [0.2, 0.25) is 11.8 Å². The summed E-state index contributed by atoms with van der Waals surface area (Å²) in [5.74, 6) is 0.705.